The summed E-state index contributed by atoms with van der Waals surface area (Å²) in [7, 11) is 2.78. The molecule has 0 atom stereocenters. The van der Waals surface area contributed by atoms with Crippen LogP contribution in [0, 0.1) is 0 Å². The molecule has 17 heavy (non-hydrogen) atoms. The zero-order valence-corrected chi connectivity index (χ0v) is 10.3. The van der Waals surface area contributed by atoms with Crippen molar-refractivity contribution in [3.8, 4) is 0 Å². The number of likely N-dealkylation sites (N-methyl/N-ethyl adjacent to an activating group) is 1. The first kappa shape index (κ1) is 15.2. The molecule has 0 rings (SSSR count). The summed E-state index contributed by atoms with van der Waals surface area (Å²) in [4.78, 5) is 35.6. The number of carboxylic acids is 1. The van der Waals surface area contributed by atoms with Gasteiger partial charge in [0.1, 0.15) is 6.54 Å². The molecule has 0 unspecified atom stereocenters. The van der Waals surface area contributed by atoms with E-state index in [9.17, 15) is 14.4 Å². The minimum atomic E-state index is -1.07. The Hall–Kier alpha value is -1.79. The second kappa shape index (κ2) is 7.48. The minimum absolute atomic E-state index is 0.0867. The number of nitrogens with zero attached hydrogens (tertiary/aromatic N) is 2. The van der Waals surface area contributed by atoms with Gasteiger partial charge in [-0.15, -0.1) is 0 Å². The Bertz CT molecular complexity index is 292. The van der Waals surface area contributed by atoms with Gasteiger partial charge >= 0.3 is 18.0 Å². The summed E-state index contributed by atoms with van der Waals surface area (Å²) >= 11 is 0. The Labute approximate surface area is 99.9 Å². The Balaban J connectivity index is 4.25. The van der Waals surface area contributed by atoms with Gasteiger partial charge in [0.15, 0.2) is 0 Å². The number of amides is 2. The van der Waals surface area contributed by atoms with E-state index in [0.717, 1.165) is 0 Å². The van der Waals surface area contributed by atoms with Crippen molar-refractivity contribution in [1.82, 2.24) is 9.80 Å². The van der Waals surface area contributed by atoms with Gasteiger partial charge in [-0.2, -0.15) is 0 Å². The van der Waals surface area contributed by atoms with Crippen LogP contribution in [0.1, 0.15) is 13.3 Å². The standard InChI is InChI=1S/C10H18N2O5/c1-4-12(7-8(13)14)10(16)11(2)6-5-9(15)17-3/h4-7H2,1-3H3,(H,13,14). The highest BCUT2D eigenvalue weighted by molar-refractivity contribution is 5.80. The molecule has 0 radical (unpaired) electrons. The predicted octanol–water partition coefficient (Wildman–Crippen LogP) is 0.00780. The number of carboxylic acid groups (broad SMARTS) is 1. The lowest BCUT2D eigenvalue weighted by atomic mass is 10.4. The van der Waals surface area contributed by atoms with Crippen LogP contribution in [0.4, 0.5) is 4.79 Å². The molecule has 7 nitrogen and oxygen atoms in total. The SMILES string of the molecule is CCN(CC(=O)O)C(=O)N(C)CCC(=O)OC. The Morgan fingerprint density at radius 1 is 1.29 bits per heavy atom. The fraction of sp³-hybridized carbons (Fsp3) is 0.700. The zero-order chi connectivity index (χ0) is 13.4. The first-order valence-electron chi connectivity index (χ1n) is 5.21. The Morgan fingerprint density at radius 3 is 2.29 bits per heavy atom. The average molecular weight is 246 g/mol. The van der Waals surface area contributed by atoms with Crippen molar-refractivity contribution >= 4 is 18.0 Å². The van der Waals surface area contributed by atoms with E-state index in [1.165, 1.54) is 24.0 Å². The van der Waals surface area contributed by atoms with Crippen LogP contribution in [0.2, 0.25) is 0 Å². The van der Waals surface area contributed by atoms with Crippen LogP contribution in [0.25, 0.3) is 0 Å². The summed E-state index contributed by atoms with van der Waals surface area (Å²) in [6, 6.07) is -0.418. The molecule has 2 amide bonds. The molecule has 0 aliphatic carbocycles. The number of methoxy groups -OCH3 is 1. The first-order chi connectivity index (χ1) is 7.92. The lowest BCUT2D eigenvalue weighted by Crippen LogP contribution is -2.44. The molecule has 0 heterocycles. The Morgan fingerprint density at radius 2 is 1.88 bits per heavy atom. The number of ether oxygens (including phenoxy) is 1. The predicted molar refractivity (Wildman–Crippen MR) is 59.5 cm³/mol. The number of esters is 1. The van der Waals surface area contributed by atoms with Gasteiger partial charge in [-0.05, 0) is 6.92 Å². The van der Waals surface area contributed by atoms with E-state index < -0.39 is 18.0 Å². The van der Waals surface area contributed by atoms with Gasteiger partial charge in [0.2, 0.25) is 0 Å². The molecule has 0 saturated carbocycles. The van der Waals surface area contributed by atoms with Crippen LogP contribution < -0.4 is 0 Å². The fourth-order valence-corrected chi connectivity index (χ4v) is 1.18. The number of urea groups is 1. The largest absolute Gasteiger partial charge is 0.480 e. The number of hydrogen-bond donors (Lipinski definition) is 1. The van der Waals surface area contributed by atoms with Crippen molar-refractivity contribution in [3.63, 3.8) is 0 Å². The van der Waals surface area contributed by atoms with Crippen LogP contribution in [0.5, 0.6) is 0 Å². The smallest absolute Gasteiger partial charge is 0.323 e. The lowest BCUT2D eigenvalue weighted by Gasteiger charge is -2.25. The summed E-state index contributed by atoms with van der Waals surface area (Å²) in [5, 5.41) is 8.62. The number of hydrogen-bond acceptors (Lipinski definition) is 4. The average Bonchev–Trinajstić information content (AvgIpc) is 2.31. The molecule has 0 fully saturated rings. The van der Waals surface area contributed by atoms with Crippen LogP contribution in [0.15, 0.2) is 0 Å². The monoisotopic (exact) mass is 246 g/mol. The van der Waals surface area contributed by atoms with Gasteiger partial charge in [0.25, 0.3) is 0 Å². The molecule has 0 aromatic rings. The normalized spacial score (nSPS) is 9.59. The molecular weight excluding hydrogens is 228 g/mol. The summed E-state index contributed by atoms with van der Waals surface area (Å²) in [5.74, 6) is -1.48. The van der Waals surface area contributed by atoms with Crippen molar-refractivity contribution in [2.45, 2.75) is 13.3 Å². The summed E-state index contributed by atoms with van der Waals surface area (Å²) < 4.78 is 4.45. The maximum atomic E-state index is 11.7. The number of aliphatic carboxylic acids is 1. The van der Waals surface area contributed by atoms with E-state index in [4.69, 9.17) is 5.11 Å². The van der Waals surface area contributed by atoms with E-state index in [1.54, 1.807) is 6.92 Å². The van der Waals surface area contributed by atoms with E-state index in [2.05, 4.69) is 4.74 Å². The maximum Gasteiger partial charge on any atom is 0.323 e. The van der Waals surface area contributed by atoms with Crippen molar-refractivity contribution in [3.05, 3.63) is 0 Å². The molecule has 0 aromatic heterocycles. The van der Waals surface area contributed by atoms with Crippen molar-refractivity contribution in [2.75, 3.05) is 33.8 Å². The maximum absolute atomic E-state index is 11.7. The van der Waals surface area contributed by atoms with Crippen LogP contribution >= 0.6 is 0 Å². The lowest BCUT2D eigenvalue weighted by molar-refractivity contribution is -0.141. The van der Waals surface area contributed by atoms with Gasteiger partial charge in [0.05, 0.1) is 13.5 Å². The third-order valence-corrected chi connectivity index (χ3v) is 2.18. The van der Waals surface area contributed by atoms with Gasteiger partial charge in [-0.3, -0.25) is 9.59 Å². The molecule has 98 valence electrons. The van der Waals surface area contributed by atoms with E-state index in [-0.39, 0.29) is 19.5 Å². The molecular formula is C10H18N2O5. The van der Waals surface area contributed by atoms with Crippen LogP contribution in [-0.4, -0.2) is 66.7 Å². The minimum Gasteiger partial charge on any atom is -0.480 e. The highest BCUT2D eigenvalue weighted by Crippen LogP contribution is 1.98. The third kappa shape index (κ3) is 5.74. The molecule has 0 spiro atoms. The molecule has 1 N–H and O–H groups in total. The first-order valence-corrected chi connectivity index (χ1v) is 5.21. The third-order valence-electron chi connectivity index (χ3n) is 2.18. The molecule has 7 heteroatoms. The summed E-state index contributed by atoms with van der Waals surface area (Å²) in [5.41, 5.74) is 0. The second-order valence-electron chi connectivity index (χ2n) is 3.44. The van der Waals surface area contributed by atoms with E-state index in [1.807, 2.05) is 0 Å². The molecule has 0 saturated heterocycles. The fourth-order valence-electron chi connectivity index (χ4n) is 1.18. The zero-order valence-electron chi connectivity index (χ0n) is 10.3. The van der Waals surface area contributed by atoms with Crippen molar-refractivity contribution in [2.24, 2.45) is 0 Å². The molecule has 0 bridgehead atoms. The van der Waals surface area contributed by atoms with Crippen LogP contribution in [-0.2, 0) is 14.3 Å². The molecule has 0 aliphatic rings. The highest BCUT2D eigenvalue weighted by atomic mass is 16.5. The summed E-state index contributed by atoms with van der Waals surface area (Å²) in [6.45, 7) is 1.84. The van der Waals surface area contributed by atoms with Gasteiger partial charge < -0.3 is 19.6 Å². The van der Waals surface area contributed by atoms with E-state index >= 15 is 0 Å². The quantitative estimate of drug-likeness (QED) is 0.667. The molecule has 0 aliphatic heterocycles. The topological polar surface area (TPSA) is 87.2 Å². The van der Waals surface area contributed by atoms with E-state index in [0.29, 0.717) is 6.54 Å². The molecule has 0 aromatic carbocycles. The van der Waals surface area contributed by atoms with Crippen LogP contribution in [0.3, 0.4) is 0 Å². The number of rotatable bonds is 6. The number of carbonyl (C=O) groups excluding carboxylic acids is 2. The highest BCUT2D eigenvalue weighted by Gasteiger charge is 2.19. The Kier molecular flexibility index (Phi) is 6.69. The second-order valence-corrected chi connectivity index (χ2v) is 3.44. The summed E-state index contributed by atoms with van der Waals surface area (Å²) in [6.07, 6.45) is 0.0867. The van der Waals surface area contributed by atoms with Gasteiger partial charge in [0, 0.05) is 20.1 Å². The van der Waals surface area contributed by atoms with Crippen molar-refractivity contribution in [1.29, 1.82) is 0 Å². The number of carbonyl (C=O) groups is 3. The van der Waals surface area contributed by atoms with Gasteiger partial charge in [-0.25, -0.2) is 4.79 Å². The van der Waals surface area contributed by atoms with Crippen molar-refractivity contribution < 1.29 is 24.2 Å². The van der Waals surface area contributed by atoms with Gasteiger partial charge in [-0.1, -0.05) is 0 Å².